The molecule has 382 valence electrons. The van der Waals surface area contributed by atoms with Crippen LogP contribution in [0.25, 0.3) is 177 Å². The Morgan fingerprint density at radius 1 is 0.341 bits per heavy atom. The fourth-order valence-electron chi connectivity index (χ4n) is 13.4. The summed E-state index contributed by atoms with van der Waals surface area (Å²) in [4.78, 5) is 11.2. The molecule has 0 amide bonds. The molecule has 0 aliphatic carbocycles. The second-order valence-electron chi connectivity index (χ2n) is 21.6. The lowest BCUT2D eigenvalue weighted by Crippen LogP contribution is -2.17. The van der Waals surface area contributed by atoms with Crippen LogP contribution in [0, 0.1) is 0 Å². The van der Waals surface area contributed by atoms with Crippen LogP contribution < -0.4 is 10.6 Å². The molecule has 0 bridgehead atoms. The standard InChI is InChI=1S/C77H48N4O/c1-3-4-29-75-46(2)64-44-51(34-39-76(64)82-75)80-71-27-15-13-25-62(71)67-40-47(32-37-73(67)80)48-33-38-74-68(41-48)63-26-14-16-28-72(63)81(74)77-78-69(49-30-35-60-56-21-7-5-17-52(56)54-19-9-11-23-58(54)65(60)42-49)45-70(79-77)50-31-36-61-57-22-8-6-18-53(57)55-20-10-12-24-59(55)66(61)43-50/h3-45H,2H2,1H3/b4-3-,75-29+. The molecule has 0 fully saturated rings. The average Bonchev–Trinajstić information content (AvgIpc) is 4.11. The summed E-state index contributed by atoms with van der Waals surface area (Å²) >= 11 is 0. The van der Waals surface area contributed by atoms with E-state index in [1.54, 1.807) is 0 Å². The largest absolute Gasteiger partial charge is 0.456 e. The summed E-state index contributed by atoms with van der Waals surface area (Å²) < 4.78 is 10.9. The third kappa shape index (κ3) is 6.87. The Kier molecular flexibility index (Phi) is 10.0. The van der Waals surface area contributed by atoms with Crippen LogP contribution in [0.15, 0.2) is 259 Å². The van der Waals surface area contributed by atoms with Crippen molar-refractivity contribution in [2.24, 2.45) is 0 Å². The van der Waals surface area contributed by atoms with Crippen LogP contribution in [0.5, 0.6) is 0 Å². The fourth-order valence-corrected chi connectivity index (χ4v) is 13.4. The molecule has 4 heterocycles. The number of rotatable bonds is 6. The molecule has 0 N–H and O–H groups in total. The van der Waals surface area contributed by atoms with E-state index in [1.807, 2.05) is 25.2 Å². The van der Waals surface area contributed by atoms with Crippen molar-refractivity contribution in [1.29, 1.82) is 0 Å². The van der Waals surface area contributed by atoms with Crippen molar-refractivity contribution in [3.05, 3.63) is 265 Å². The lowest BCUT2D eigenvalue weighted by Gasteiger charge is -2.15. The van der Waals surface area contributed by atoms with E-state index in [9.17, 15) is 0 Å². The highest BCUT2D eigenvalue weighted by molar-refractivity contribution is 6.27. The van der Waals surface area contributed by atoms with Gasteiger partial charge in [-0.1, -0.05) is 189 Å². The quantitative estimate of drug-likeness (QED) is 0.156. The molecule has 0 spiro atoms. The van der Waals surface area contributed by atoms with E-state index in [1.165, 1.54) is 75.4 Å². The molecule has 5 nitrogen and oxygen atoms in total. The molecule has 0 aliphatic rings. The van der Waals surface area contributed by atoms with Gasteiger partial charge in [0.05, 0.1) is 33.5 Å². The molecule has 17 aromatic rings. The molecule has 0 aliphatic heterocycles. The average molecular weight is 1050 g/mol. The van der Waals surface area contributed by atoms with Crippen LogP contribution in [0.3, 0.4) is 0 Å². The van der Waals surface area contributed by atoms with E-state index in [-0.39, 0.29) is 0 Å². The van der Waals surface area contributed by atoms with Crippen LogP contribution in [0.2, 0.25) is 0 Å². The van der Waals surface area contributed by atoms with Crippen molar-refractivity contribution in [1.82, 2.24) is 19.1 Å². The number of hydrogen-bond acceptors (Lipinski definition) is 3. The summed E-state index contributed by atoms with van der Waals surface area (Å²) in [6.45, 7) is 6.42. The summed E-state index contributed by atoms with van der Waals surface area (Å²) in [5.74, 6) is 0.611. The van der Waals surface area contributed by atoms with Gasteiger partial charge in [-0.3, -0.25) is 4.57 Å². The molecule has 17 rings (SSSR count). The third-order valence-electron chi connectivity index (χ3n) is 17.2. The van der Waals surface area contributed by atoms with Gasteiger partial charge in [0.1, 0.15) is 11.0 Å². The Balaban J connectivity index is 0.857. The number of aromatic nitrogens is 4. The first kappa shape index (κ1) is 46.1. The zero-order valence-corrected chi connectivity index (χ0v) is 44.7. The Morgan fingerprint density at radius 2 is 0.732 bits per heavy atom. The van der Waals surface area contributed by atoms with Crippen LogP contribution in [0.4, 0.5) is 0 Å². The molecule has 5 heteroatoms. The summed E-state index contributed by atoms with van der Waals surface area (Å²) in [5, 5.41) is 21.3. The predicted molar refractivity (Wildman–Crippen MR) is 346 cm³/mol. The smallest absolute Gasteiger partial charge is 0.235 e. The number of furan rings is 1. The van der Waals surface area contributed by atoms with Gasteiger partial charge in [0.15, 0.2) is 0 Å². The minimum absolute atomic E-state index is 0.611. The second kappa shape index (κ2) is 17.8. The number of fused-ring (bicyclic) bond motifs is 19. The minimum Gasteiger partial charge on any atom is -0.456 e. The number of hydrogen-bond donors (Lipinski definition) is 0. The van der Waals surface area contributed by atoms with Gasteiger partial charge < -0.3 is 8.98 Å². The van der Waals surface area contributed by atoms with Crippen LogP contribution in [0.1, 0.15) is 6.92 Å². The van der Waals surface area contributed by atoms with Crippen LogP contribution in [-0.4, -0.2) is 19.1 Å². The van der Waals surface area contributed by atoms with Gasteiger partial charge in [-0.2, -0.15) is 0 Å². The summed E-state index contributed by atoms with van der Waals surface area (Å²) in [7, 11) is 0. The van der Waals surface area contributed by atoms with Crippen molar-refractivity contribution >= 4 is 132 Å². The SMILES string of the molecule is C=c1/c(=C\C=C/C)oc2ccc(-n3c4ccccc4c4cc(-c5ccc6c(c5)c5ccccc5n6-c5nc(-c6ccc7c8ccccc8c8ccccc8c7c6)cc(-c6ccc7c8ccccc8c8ccccc8c7c6)n5)ccc43)cc12. The monoisotopic (exact) mass is 1040 g/mol. The molecular weight excluding hydrogens is 997 g/mol. The van der Waals surface area contributed by atoms with Gasteiger partial charge in [-0.25, -0.2) is 9.97 Å². The van der Waals surface area contributed by atoms with E-state index in [0.717, 1.165) is 93.8 Å². The molecule has 82 heavy (non-hydrogen) atoms. The van der Waals surface area contributed by atoms with Crippen molar-refractivity contribution in [3.8, 4) is 45.3 Å². The van der Waals surface area contributed by atoms with Gasteiger partial charge in [-0.15, -0.1) is 0 Å². The van der Waals surface area contributed by atoms with E-state index in [4.69, 9.17) is 14.4 Å². The van der Waals surface area contributed by atoms with E-state index < -0.39 is 0 Å². The van der Waals surface area contributed by atoms with E-state index >= 15 is 0 Å². The van der Waals surface area contributed by atoms with Gasteiger partial charge in [0, 0.05) is 49.0 Å². The van der Waals surface area contributed by atoms with Crippen molar-refractivity contribution in [3.63, 3.8) is 0 Å². The number of para-hydroxylation sites is 2. The highest BCUT2D eigenvalue weighted by atomic mass is 16.3. The summed E-state index contributed by atoms with van der Waals surface area (Å²) in [6.07, 6.45) is 5.96. The Labute approximate surface area is 470 Å². The Bertz CT molecular complexity index is 5510. The summed E-state index contributed by atoms with van der Waals surface area (Å²) in [6, 6.07) is 88.5. The maximum Gasteiger partial charge on any atom is 0.235 e. The lowest BCUT2D eigenvalue weighted by atomic mass is 9.92. The number of nitrogens with zero attached hydrogens (tertiary/aromatic N) is 4. The van der Waals surface area contributed by atoms with Gasteiger partial charge in [0.2, 0.25) is 5.95 Å². The fraction of sp³-hybridized carbons (Fsp3) is 0.0130. The number of allylic oxidation sites excluding steroid dienone is 2. The third-order valence-corrected chi connectivity index (χ3v) is 17.2. The number of benzene rings is 13. The van der Waals surface area contributed by atoms with Gasteiger partial charge >= 0.3 is 0 Å². The highest BCUT2D eigenvalue weighted by Crippen LogP contribution is 2.42. The Morgan fingerprint density at radius 3 is 1.22 bits per heavy atom. The molecular formula is C77H48N4O. The first-order valence-corrected chi connectivity index (χ1v) is 28.0. The maximum atomic E-state index is 6.23. The van der Waals surface area contributed by atoms with Crippen LogP contribution in [-0.2, 0) is 0 Å². The zero-order chi connectivity index (χ0) is 54.2. The maximum absolute atomic E-state index is 6.23. The topological polar surface area (TPSA) is 48.8 Å². The molecule has 0 saturated carbocycles. The van der Waals surface area contributed by atoms with Crippen molar-refractivity contribution in [2.45, 2.75) is 6.92 Å². The van der Waals surface area contributed by atoms with Gasteiger partial charge in [-0.05, 0) is 162 Å². The summed E-state index contributed by atoms with van der Waals surface area (Å²) in [5.41, 5.74) is 13.0. The molecule has 0 atom stereocenters. The molecule has 0 radical (unpaired) electrons. The molecule has 0 unspecified atom stereocenters. The van der Waals surface area contributed by atoms with Gasteiger partial charge in [0.25, 0.3) is 0 Å². The zero-order valence-electron chi connectivity index (χ0n) is 44.7. The molecule has 13 aromatic carbocycles. The Hall–Kier alpha value is -10.9. The second-order valence-corrected chi connectivity index (χ2v) is 21.6. The predicted octanol–water partition coefficient (Wildman–Crippen LogP) is 19.1. The highest BCUT2D eigenvalue weighted by Gasteiger charge is 2.21. The van der Waals surface area contributed by atoms with Crippen LogP contribution >= 0.6 is 0 Å². The molecule has 0 saturated heterocycles. The van der Waals surface area contributed by atoms with E-state index in [2.05, 4.69) is 258 Å². The van der Waals surface area contributed by atoms with E-state index in [0.29, 0.717) is 5.95 Å². The normalized spacial score (nSPS) is 12.5. The van der Waals surface area contributed by atoms with Crippen molar-refractivity contribution in [2.75, 3.05) is 0 Å². The minimum atomic E-state index is 0.611. The first-order valence-electron chi connectivity index (χ1n) is 28.0. The van der Waals surface area contributed by atoms with Crippen molar-refractivity contribution < 1.29 is 4.42 Å². The molecule has 4 aromatic heterocycles. The lowest BCUT2D eigenvalue weighted by molar-refractivity contribution is 0.576. The first-order chi connectivity index (χ1) is 40.5.